The molecule has 0 saturated heterocycles. The van der Waals surface area contributed by atoms with Gasteiger partial charge in [0.05, 0.1) is 30.5 Å². The molecule has 1 amide bonds. The number of primary amides is 1. The second-order valence-corrected chi connectivity index (χ2v) is 6.47. The summed E-state index contributed by atoms with van der Waals surface area (Å²) in [5.41, 5.74) is 6.52. The first-order chi connectivity index (χ1) is 14.7. The molecule has 0 aliphatic rings. The number of carbonyl (C=O) groups is 4. The number of methoxy groups -OCH3 is 1. The molecule has 1 aromatic heterocycles. The van der Waals surface area contributed by atoms with Crippen LogP contribution in [0.3, 0.4) is 0 Å². The minimum Gasteiger partial charge on any atom is -0.493 e. The van der Waals surface area contributed by atoms with Gasteiger partial charge in [0, 0.05) is 5.69 Å². The summed E-state index contributed by atoms with van der Waals surface area (Å²) in [6.45, 7) is 4.27. The van der Waals surface area contributed by atoms with Crippen LogP contribution >= 0.6 is 0 Å². The number of aromatic amines is 1. The number of nitrogens with one attached hydrogen (secondary N) is 1. The van der Waals surface area contributed by atoms with E-state index in [0.29, 0.717) is 11.3 Å². The van der Waals surface area contributed by atoms with Gasteiger partial charge >= 0.3 is 11.9 Å². The normalized spacial score (nSPS) is 10.3. The summed E-state index contributed by atoms with van der Waals surface area (Å²) in [5, 5.41) is 0. The number of ether oxygens (including phenoxy) is 4. The van der Waals surface area contributed by atoms with Gasteiger partial charge in [0.1, 0.15) is 0 Å². The summed E-state index contributed by atoms with van der Waals surface area (Å²) >= 11 is 0. The maximum Gasteiger partial charge on any atom is 0.340 e. The van der Waals surface area contributed by atoms with Crippen molar-refractivity contribution in [1.82, 2.24) is 4.98 Å². The number of aromatic nitrogens is 1. The van der Waals surface area contributed by atoms with Crippen molar-refractivity contribution < 1.29 is 38.1 Å². The largest absolute Gasteiger partial charge is 0.493 e. The number of rotatable bonds is 10. The quantitative estimate of drug-likeness (QED) is 0.426. The molecule has 0 aliphatic heterocycles. The molecule has 0 aliphatic carbocycles. The molecule has 0 unspecified atom stereocenters. The number of carbonyl (C=O) groups excluding carboxylic acids is 4. The van der Waals surface area contributed by atoms with Crippen LogP contribution < -0.4 is 15.2 Å². The van der Waals surface area contributed by atoms with E-state index in [4.69, 9.17) is 24.7 Å². The van der Waals surface area contributed by atoms with Crippen LogP contribution in [0.4, 0.5) is 0 Å². The number of aryl methyl sites for hydroxylation is 1. The standard InChI is InChI=1S/C21H24N2O8/c1-5-29-21(27)18-11(2)19(23-12(18)3)14(24)9-31-20(26)13-6-7-15(16(8-13)28-4)30-10-17(22)25/h6-8,23H,5,9-10H2,1-4H3,(H2,22,25). The van der Waals surface area contributed by atoms with Crippen molar-refractivity contribution in [2.45, 2.75) is 20.8 Å². The third-order valence-electron chi connectivity index (χ3n) is 4.30. The number of hydrogen-bond donors (Lipinski definition) is 2. The fraction of sp³-hybridized carbons (Fsp3) is 0.333. The minimum absolute atomic E-state index is 0.114. The van der Waals surface area contributed by atoms with Gasteiger partial charge in [-0.15, -0.1) is 0 Å². The molecule has 10 nitrogen and oxygen atoms in total. The number of hydrogen-bond acceptors (Lipinski definition) is 8. The Kier molecular flexibility index (Phi) is 7.78. The smallest absolute Gasteiger partial charge is 0.340 e. The van der Waals surface area contributed by atoms with Crippen LogP contribution in [-0.2, 0) is 14.3 Å². The summed E-state index contributed by atoms with van der Waals surface area (Å²) in [6.07, 6.45) is 0. The molecule has 0 atom stereocenters. The number of Topliss-reactive ketones (excluding diaryl/α,β-unsaturated/α-hetero) is 1. The van der Waals surface area contributed by atoms with Crippen LogP contribution in [-0.4, -0.2) is 55.5 Å². The summed E-state index contributed by atoms with van der Waals surface area (Å²) in [5.74, 6) is -2.05. The van der Waals surface area contributed by atoms with Gasteiger partial charge in [0.2, 0.25) is 5.78 Å². The number of esters is 2. The van der Waals surface area contributed by atoms with E-state index in [9.17, 15) is 19.2 Å². The number of nitrogens with two attached hydrogens (primary N) is 1. The second-order valence-electron chi connectivity index (χ2n) is 6.47. The van der Waals surface area contributed by atoms with E-state index in [0.717, 1.165) is 0 Å². The third-order valence-corrected chi connectivity index (χ3v) is 4.30. The molecule has 1 aromatic carbocycles. The minimum atomic E-state index is -0.764. The van der Waals surface area contributed by atoms with Crippen molar-refractivity contribution in [2.24, 2.45) is 5.73 Å². The fourth-order valence-corrected chi connectivity index (χ4v) is 2.89. The van der Waals surface area contributed by atoms with Gasteiger partial charge in [-0.05, 0) is 44.5 Å². The van der Waals surface area contributed by atoms with E-state index in [1.807, 2.05) is 0 Å². The van der Waals surface area contributed by atoms with Crippen LogP contribution in [0.15, 0.2) is 18.2 Å². The van der Waals surface area contributed by atoms with Crippen LogP contribution in [0.1, 0.15) is 49.4 Å². The lowest BCUT2D eigenvalue weighted by molar-refractivity contribution is -0.119. The van der Waals surface area contributed by atoms with Crippen LogP contribution in [0.5, 0.6) is 11.5 Å². The van der Waals surface area contributed by atoms with Crippen LogP contribution in [0.2, 0.25) is 0 Å². The maximum atomic E-state index is 12.5. The molecule has 2 rings (SSSR count). The Balaban J connectivity index is 2.09. The Hall–Kier alpha value is -3.82. The predicted molar refractivity (Wildman–Crippen MR) is 109 cm³/mol. The molecule has 31 heavy (non-hydrogen) atoms. The highest BCUT2D eigenvalue weighted by Gasteiger charge is 2.24. The van der Waals surface area contributed by atoms with Gasteiger partial charge < -0.3 is 29.7 Å². The zero-order chi connectivity index (χ0) is 23.1. The molecule has 0 radical (unpaired) electrons. The lowest BCUT2D eigenvalue weighted by atomic mass is 10.1. The van der Waals surface area contributed by atoms with E-state index in [1.165, 1.54) is 25.3 Å². The zero-order valence-corrected chi connectivity index (χ0v) is 17.7. The molecule has 0 fully saturated rings. The summed E-state index contributed by atoms with van der Waals surface area (Å²) in [7, 11) is 1.36. The Morgan fingerprint density at radius 1 is 1.00 bits per heavy atom. The molecule has 0 saturated carbocycles. The van der Waals surface area contributed by atoms with Crippen LogP contribution in [0, 0.1) is 13.8 Å². The van der Waals surface area contributed by atoms with E-state index < -0.39 is 30.2 Å². The SMILES string of the molecule is CCOC(=O)c1c(C)[nH]c(C(=O)COC(=O)c2ccc(OCC(N)=O)c(OC)c2)c1C. The molecular weight excluding hydrogens is 408 g/mol. The zero-order valence-electron chi connectivity index (χ0n) is 17.7. The molecule has 10 heteroatoms. The van der Waals surface area contributed by atoms with Crippen molar-refractivity contribution in [3.05, 3.63) is 46.3 Å². The van der Waals surface area contributed by atoms with Gasteiger partial charge in [-0.1, -0.05) is 0 Å². The van der Waals surface area contributed by atoms with E-state index >= 15 is 0 Å². The Morgan fingerprint density at radius 3 is 2.32 bits per heavy atom. The average molecular weight is 432 g/mol. The van der Waals surface area contributed by atoms with Crippen LogP contribution in [0.25, 0.3) is 0 Å². The average Bonchev–Trinajstić information content (AvgIpc) is 3.04. The fourth-order valence-electron chi connectivity index (χ4n) is 2.89. The monoisotopic (exact) mass is 432 g/mol. The first-order valence-corrected chi connectivity index (χ1v) is 9.35. The number of benzene rings is 1. The number of amides is 1. The van der Waals surface area contributed by atoms with Gasteiger partial charge in [0.15, 0.2) is 24.7 Å². The lowest BCUT2D eigenvalue weighted by Gasteiger charge is -2.11. The summed E-state index contributed by atoms with van der Waals surface area (Å²) in [6, 6.07) is 4.17. The van der Waals surface area contributed by atoms with E-state index in [-0.39, 0.29) is 41.5 Å². The topological polar surface area (TPSA) is 147 Å². The van der Waals surface area contributed by atoms with Gasteiger partial charge in [-0.25, -0.2) is 9.59 Å². The molecule has 3 N–H and O–H groups in total. The first kappa shape index (κ1) is 23.5. The highest BCUT2D eigenvalue weighted by molar-refractivity contribution is 6.03. The number of ketones is 1. The molecule has 1 heterocycles. The van der Waals surface area contributed by atoms with Crippen molar-refractivity contribution in [3.8, 4) is 11.5 Å². The van der Waals surface area contributed by atoms with E-state index in [1.54, 1.807) is 20.8 Å². The Morgan fingerprint density at radius 2 is 1.71 bits per heavy atom. The predicted octanol–water partition coefficient (Wildman–Crippen LogP) is 1.72. The summed E-state index contributed by atoms with van der Waals surface area (Å²) in [4.78, 5) is 50.6. The lowest BCUT2D eigenvalue weighted by Crippen LogP contribution is -2.20. The van der Waals surface area contributed by atoms with Gasteiger partial charge in [0.25, 0.3) is 5.91 Å². The van der Waals surface area contributed by atoms with E-state index in [2.05, 4.69) is 4.98 Å². The first-order valence-electron chi connectivity index (χ1n) is 9.35. The van der Waals surface area contributed by atoms with Crippen molar-refractivity contribution in [2.75, 3.05) is 26.9 Å². The third kappa shape index (κ3) is 5.62. The molecule has 0 spiro atoms. The number of H-pyrrole nitrogens is 1. The highest BCUT2D eigenvalue weighted by Crippen LogP contribution is 2.28. The maximum absolute atomic E-state index is 12.5. The molecular formula is C21H24N2O8. The Labute approximate surface area is 178 Å². The Bertz CT molecular complexity index is 1010. The second kappa shape index (κ2) is 10.3. The highest BCUT2D eigenvalue weighted by atomic mass is 16.5. The molecule has 2 aromatic rings. The van der Waals surface area contributed by atoms with Gasteiger partial charge in [-0.3, -0.25) is 9.59 Å². The summed E-state index contributed by atoms with van der Waals surface area (Å²) < 4.78 is 20.4. The molecule has 0 bridgehead atoms. The van der Waals surface area contributed by atoms with Crippen molar-refractivity contribution in [1.29, 1.82) is 0 Å². The van der Waals surface area contributed by atoms with Gasteiger partial charge in [-0.2, -0.15) is 0 Å². The molecule has 166 valence electrons. The van der Waals surface area contributed by atoms with Crippen molar-refractivity contribution in [3.63, 3.8) is 0 Å². The van der Waals surface area contributed by atoms with Crippen molar-refractivity contribution >= 4 is 23.6 Å².